The minimum Gasteiger partial charge on any atom is -0.340 e. The molecule has 0 saturated carbocycles. The van der Waals surface area contributed by atoms with E-state index in [1.54, 1.807) is 6.92 Å². The molecule has 0 unspecified atom stereocenters. The van der Waals surface area contributed by atoms with Gasteiger partial charge in [-0.2, -0.15) is 4.98 Å². The fraction of sp³-hybridized carbons (Fsp3) is 0.500. The van der Waals surface area contributed by atoms with Crippen molar-refractivity contribution in [3.63, 3.8) is 0 Å². The summed E-state index contributed by atoms with van der Waals surface area (Å²) in [5.41, 5.74) is 0. The van der Waals surface area contributed by atoms with Gasteiger partial charge in [-0.05, 0) is 19.1 Å². The maximum Gasteiger partial charge on any atom is 0.223 e. The van der Waals surface area contributed by atoms with Crippen LogP contribution in [0.25, 0.3) is 0 Å². The normalized spacial score (nSPS) is 12.2. The molecule has 0 N–H and O–H groups in total. The molecule has 1 rings (SSSR count). The third kappa shape index (κ3) is 1.93. The van der Waals surface area contributed by atoms with Crippen LogP contribution in [0.3, 0.4) is 0 Å². The predicted octanol–water partition coefficient (Wildman–Crippen LogP) is 1.54. The Bertz CT molecular complexity index is 290. The van der Waals surface area contributed by atoms with E-state index in [0.29, 0.717) is 11.7 Å². The minimum absolute atomic E-state index is 0.162. The second kappa shape index (κ2) is 3.37. The number of aromatic nitrogens is 2. The molecule has 0 radical (unpaired) electrons. The molecule has 4 nitrogen and oxygen atoms in total. The highest BCUT2D eigenvalue weighted by Crippen LogP contribution is 2.10. The van der Waals surface area contributed by atoms with Gasteiger partial charge in [0.2, 0.25) is 5.89 Å². The monoisotopic (exact) mass is 169 g/mol. The van der Waals surface area contributed by atoms with E-state index >= 15 is 0 Å². The van der Waals surface area contributed by atoms with Crippen molar-refractivity contribution in [2.24, 2.45) is 4.99 Å². The van der Waals surface area contributed by atoms with Crippen LogP contribution in [0, 0.1) is 6.92 Å². The lowest BCUT2D eigenvalue weighted by Crippen LogP contribution is -1.91. The second-order valence-electron chi connectivity index (χ2n) is 2.07. The third-order valence-electron chi connectivity index (χ3n) is 1.16. The van der Waals surface area contributed by atoms with Gasteiger partial charge in [-0.25, -0.2) is 4.99 Å². The Hall–Kier alpha value is -1.06. The first-order chi connectivity index (χ1) is 5.24. The van der Waals surface area contributed by atoms with Crippen molar-refractivity contribution in [2.75, 3.05) is 0 Å². The molecule has 1 heterocycles. The Labute approximate surface area is 69.3 Å². The molecule has 0 aliphatic rings. The van der Waals surface area contributed by atoms with E-state index in [-0.39, 0.29) is 6.04 Å². The van der Waals surface area contributed by atoms with Gasteiger partial charge in [-0.1, -0.05) is 5.16 Å². The van der Waals surface area contributed by atoms with Gasteiger partial charge in [0.25, 0.3) is 0 Å². The van der Waals surface area contributed by atoms with Crippen LogP contribution in [0.2, 0.25) is 0 Å². The molecule has 1 atom stereocenters. The number of isothiocyanates is 1. The van der Waals surface area contributed by atoms with Gasteiger partial charge >= 0.3 is 0 Å². The largest absolute Gasteiger partial charge is 0.340 e. The molecular formula is C6H7N3OS. The van der Waals surface area contributed by atoms with Crippen molar-refractivity contribution in [3.05, 3.63) is 11.7 Å². The SMILES string of the molecule is Cc1nc([C@H](C)N=C=S)no1. The molecule has 0 fully saturated rings. The van der Waals surface area contributed by atoms with E-state index in [0.717, 1.165) is 0 Å². The fourth-order valence-corrected chi connectivity index (χ4v) is 0.780. The smallest absolute Gasteiger partial charge is 0.223 e. The molecule has 1 aromatic rings. The van der Waals surface area contributed by atoms with Crippen LogP contribution < -0.4 is 0 Å². The van der Waals surface area contributed by atoms with E-state index in [2.05, 4.69) is 32.5 Å². The van der Waals surface area contributed by atoms with Crippen LogP contribution in [0.5, 0.6) is 0 Å². The maximum atomic E-state index is 4.75. The molecule has 58 valence electrons. The van der Waals surface area contributed by atoms with Crippen molar-refractivity contribution in [1.29, 1.82) is 0 Å². The molecule has 0 amide bonds. The first kappa shape index (κ1) is 8.04. The number of thiocarbonyl (C=S) groups is 1. The van der Waals surface area contributed by atoms with Gasteiger partial charge in [0.1, 0.15) is 6.04 Å². The van der Waals surface area contributed by atoms with E-state index in [9.17, 15) is 0 Å². The Kier molecular flexibility index (Phi) is 2.46. The summed E-state index contributed by atoms with van der Waals surface area (Å²) >= 11 is 4.43. The Morgan fingerprint density at radius 2 is 2.45 bits per heavy atom. The van der Waals surface area contributed by atoms with Crippen LogP contribution >= 0.6 is 12.2 Å². The second-order valence-corrected chi connectivity index (χ2v) is 2.25. The highest BCUT2D eigenvalue weighted by atomic mass is 32.1. The van der Waals surface area contributed by atoms with Gasteiger partial charge in [-0.3, -0.25) is 0 Å². The molecule has 0 aromatic carbocycles. The first-order valence-electron chi connectivity index (χ1n) is 3.11. The average molecular weight is 169 g/mol. The van der Waals surface area contributed by atoms with Gasteiger partial charge in [-0.15, -0.1) is 0 Å². The fourth-order valence-electron chi connectivity index (χ4n) is 0.621. The zero-order valence-electron chi connectivity index (χ0n) is 6.24. The van der Waals surface area contributed by atoms with E-state index in [4.69, 9.17) is 4.52 Å². The molecule has 11 heavy (non-hydrogen) atoms. The number of hydrogen-bond acceptors (Lipinski definition) is 5. The minimum atomic E-state index is -0.162. The number of nitrogens with zero attached hydrogens (tertiary/aromatic N) is 3. The highest BCUT2D eigenvalue weighted by molar-refractivity contribution is 7.78. The quantitative estimate of drug-likeness (QED) is 0.497. The summed E-state index contributed by atoms with van der Waals surface area (Å²) in [5, 5.41) is 5.93. The van der Waals surface area contributed by atoms with Gasteiger partial charge in [0.15, 0.2) is 5.82 Å². The Morgan fingerprint density at radius 1 is 1.73 bits per heavy atom. The molecule has 0 aliphatic heterocycles. The zero-order valence-corrected chi connectivity index (χ0v) is 7.05. The lowest BCUT2D eigenvalue weighted by atomic mass is 10.3. The van der Waals surface area contributed by atoms with Crippen molar-refractivity contribution in [3.8, 4) is 0 Å². The van der Waals surface area contributed by atoms with Crippen LogP contribution in [-0.2, 0) is 0 Å². The van der Waals surface area contributed by atoms with Crippen LogP contribution in [0.4, 0.5) is 0 Å². The van der Waals surface area contributed by atoms with Crippen molar-refractivity contribution in [1.82, 2.24) is 10.1 Å². The van der Waals surface area contributed by atoms with Gasteiger partial charge < -0.3 is 4.52 Å². The van der Waals surface area contributed by atoms with Crippen molar-refractivity contribution >= 4 is 17.4 Å². The summed E-state index contributed by atoms with van der Waals surface area (Å²) in [7, 11) is 0. The highest BCUT2D eigenvalue weighted by Gasteiger charge is 2.09. The number of aliphatic imine (C=N–C) groups is 1. The lowest BCUT2D eigenvalue weighted by molar-refractivity contribution is 0.384. The topological polar surface area (TPSA) is 51.3 Å². The van der Waals surface area contributed by atoms with Crippen LogP contribution in [0.15, 0.2) is 9.52 Å². The van der Waals surface area contributed by atoms with Crippen molar-refractivity contribution < 1.29 is 4.52 Å². The van der Waals surface area contributed by atoms with E-state index in [1.165, 1.54) is 0 Å². The lowest BCUT2D eigenvalue weighted by Gasteiger charge is -1.92. The van der Waals surface area contributed by atoms with E-state index < -0.39 is 0 Å². The molecular weight excluding hydrogens is 162 g/mol. The maximum absolute atomic E-state index is 4.75. The van der Waals surface area contributed by atoms with E-state index in [1.807, 2.05) is 6.92 Å². The summed E-state index contributed by atoms with van der Waals surface area (Å²) in [6.45, 7) is 3.55. The summed E-state index contributed by atoms with van der Waals surface area (Å²) in [6.07, 6.45) is 0. The van der Waals surface area contributed by atoms with Crippen LogP contribution in [0.1, 0.15) is 24.7 Å². The molecule has 1 aromatic heterocycles. The zero-order chi connectivity index (χ0) is 8.27. The van der Waals surface area contributed by atoms with Crippen LogP contribution in [-0.4, -0.2) is 15.3 Å². The Morgan fingerprint density at radius 3 is 2.91 bits per heavy atom. The molecule has 0 bridgehead atoms. The third-order valence-corrected chi connectivity index (χ3v) is 1.27. The van der Waals surface area contributed by atoms with Gasteiger partial charge in [0, 0.05) is 6.92 Å². The number of aryl methyl sites for hydroxylation is 1. The number of rotatable bonds is 2. The predicted molar refractivity (Wildman–Crippen MR) is 42.5 cm³/mol. The first-order valence-corrected chi connectivity index (χ1v) is 3.52. The number of hydrogen-bond donors (Lipinski definition) is 0. The molecule has 0 saturated heterocycles. The molecule has 0 spiro atoms. The molecule has 5 heteroatoms. The summed E-state index contributed by atoms with van der Waals surface area (Å²) in [5.74, 6) is 1.08. The van der Waals surface area contributed by atoms with Crippen molar-refractivity contribution in [2.45, 2.75) is 19.9 Å². The summed E-state index contributed by atoms with van der Waals surface area (Å²) < 4.78 is 4.75. The molecule has 0 aliphatic carbocycles. The average Bonchev–Trinajstić information content (AvgIpc) is 2.36. The standard InChI is InChI=1S/C6H7N3OS/c1-4(7-3-11)6-8-5(2)10-9-6/h4H,1-2H3/t4-/m0/s1. The summed E-state index contributed by atoms with van der Waals surface area (Å²) in [4.78, 5) is 7.76. The van der Waals surface area contributed by atoms with Gasteiger partial charge in [0.05, 0.1) is 5.16 Å². The summed E-state index contributed by atoms with van der Waals surface area (Å²) in [6, 6.07) is -0.162. The Balaban J connectivity index is 2.84.